The van der Waals surface area contributed by atoms with Gasteiger partial charge in [-0.1, -0.05) is 13.8 Å². The van der Waals surface area contributed by atoms with Crippen molar-refractivity contribution in [3.8, 4) is 5.75 Å². The number of amides is 1. The fourth-order valence-electron chi connectivity index (χ4n) is 2.54. The van der Waals surface area contributed by atoms with Crippen molar-refractivity contribution in [2.75, 3.05) is 30.4 Å². The molecule has 0 aliphatic carbocycles. The van der Waals surface area contributed by atoms with Crippen molar-refractivity contribution in [3.63, 3.8) is 0 Å². The Hall–Kier alpha value is -1.71. The van der Waals surface area contributed by atoms with E-state index in [1.165, 1.54) is 12.8 Å². The summed E-state index contributed by atoms with van der Waals surface area (Å²) in [5, 5.41) is 2.97. The third kappa shape index (κ3) is 3.65. The molecule has 1 fully saturated rings. The maximum Gasteiger partial charge on any atom is 0.224 e. The molecule has 0 radical (unpaired) electrons. The summed E-state index contributed by atoms with van der Waals surface area (Å²) >= 11 is 0. The van der Waals surface area contributed by atoms with Gasteiger partial charge in [0.25, 0.3) is 0 Å². The van der Waals surface area contributed by atoms with Crippen LogP contribution in [0.4, 0.5) is 11.4 Å². The highest BCUT2D eigenvalue weighted by molar-refractivity contribution is 5.93. The highest BCUT2D eigenvalue weighted by Crippen LogP contribution is 2.31. The molecule has 1 saturated heterocycles. The minimum absolute atomic E-state index is 0.0388. The topological polar surface area (TPSA) is 41.6 Å². The van der Waals surface area contributed by atoms with Gasteiger partial charge in [-0.05, 0) is 37.0 Å². The normalized spacial score (nSPS) is 14.7. The number of nitrogens with zero attached hydrogens (tertiary/aromatic N) is 1. The summed E-state index contributed by atoms with van der Waals surface area (Å²) in [5.41, 5.74) is 1.92. The Morgan fingerprint density at radius 2 is 2.05 bits per heavy atom. The van der Waals surface area contributed by atoms with Crippen LogP contribution < -0.4 is 15.0 Å². The second kappa shape index (κ2) is 6.64. The molecular weight excluding hydrogens is 252 g/mol. The van der Waals surface area contributed by atoms with Crippen LogP contribution in [0.3, 0.4) is 0 Å². The van der Waals surface area contributed by atoms with Gasteiger partial charge in [0.05, 0.1) is 12.8 Å². The van der Waals surface area contributed by atoms with E-state index < -0.39 is 0 Å². The Labute approximate surface area is 121 Å². The molecule has 0 atom stereocenters. The number of hydrogen-bond donors (Lipinski definition) is 1. The van der Waals surface area contributed by atoms with Crippen molar-refractivity contribution in [3.05, 3.63) is 18.2 Å². The average molecular weight is 276 g/mol. The summed E-state index contributed by atoms with van der Waals surface area (Å²) in [5.74, 6) is 1.10. The quantitative estimate of drug-likeness (QED) is 0.897. The Bertz CT molecular complexity index is 466. The Balaban J connectivity index is 2.15. The van der Waals surface area contributed by atoms with Gasteiger partial charge in [0.2, 0.25) is 5.91 Å². The molecule has 0 spiro atoms. The molecule has 4 nitrogen and oxygen atoms in total. The monoisotopic (exact) mass is 276 g/mol. The third-order valence-corrected chi connectivity index (χ3v) is 3.52. The molecule has 1 N–H and O–H groups in total. The number of carbonyl (C=O) groups is 1. The molecule has 1 aliphatic rings. The van der Waals surface area contributed by atoms with E-state index in [2.05, 4.69) is 16.3 Å². The molecule has 0 aromatic heterocycles. The van der Waals surface area contributed by atoms with Crippen LogP contribution in [-0.2, 0) is 4.79 Å². The summed E-state index contributed by atoms with van der Waals surface area (Å²) in [6.07, 6.45) is 3.00. The number of nitrogens with one attached hydrogen (secondary N) is 1. The number of rotatable bonds is 5. The first-order chi connectivity index (χ1) is 9.60. The van der Waals surface area contributed by atoms with Gasteiger partial charge < -0.3 is 15.0 Å². The van der Waals surface area contributed by atoms with Gasteiger partial charge in [-0.15, -0.1) is 0 Å². The first kappa shape index (κ1) is 14.7. The lowest BCUT2D eigenvalue weighted by Gasteiger charge is -2.20. The largest absolute Gasteiger partial charge is 0.495 e. The highest BCUT2D eigenvalue weighted by atomic mass is 16.5. The van der Waals surface area contributed by atoms with Gasteiger partial charge in [-0.3, -0.25) is 4.79 Å². The smallest absolute Gasteiger partial charge is 0.224 e. The number of benzene rings is 1. The minimum Gasteiger partial charge on any atom is -0.495 e. The lowest BCUT2D eigenvalue weighted by atomic mass is 10.1. The van der Waals surface area contributed by atoms with Gasteiger partial charge >= 0.3 is 0 Å². The van der Waals surface area contributed by atoms with Crippen LogP contribution in [0.2, 0.25) is 0 Å². The first-order valence-corrected chi connectivity index (χ1v) is 7.33. The van der Waals surface area contributed by atoms with Crippen LogP contribution in [0, 0.1) is 5.92 Å². The Morgan fingerprint density at radius 1 is 1.35 bits per heavy atom. The molecule has 0 saturated carbocycles. The van der Waals surface area contributed by atoms with Crippen molar-refractivity contribution in [1.29, 1.82) is 0 Å². The second-order valence-electron chi connectivity index (χ2n) is 5.72. The van der Waals surface area contributed by atoms with Crippen molar-refractivity contribution in [2.24, 2.45) is 5.92 Å². The SMILES string of the molecule is COc1ccc(N2CCCC2)cc1NC(=O)CC(C)C. The Morgan fingerprint density at radius 3 is 2.65 bits per heavy atom. The van der Waals surface area contributed by atoms with Crippen molar-refractivity contribution < 1.29 is 9.53 Å². The van der Waals surface area contributed by atoms with Crippen LogP contribution in [0.15, 0.2) is 18.2 Å². The summed E-state index contributed by atoms with van der Waals surface area (Å²) in [6.45, 7) is 6.26. The van der Waals surface area contributed by atoms with Crippen molar-refractivity contribution in [2.45, 2.75) is 33.1 Å². The predicted octanol–water partition coefficient (Wildman–Crippen LogP) is 3.28. The zero-order chi connectivity index (χ0) is 14.5. The summed E-state index contributed by atoms with van der Waals surface area (Å²) in [4.78, 5) is 14.3. The van der Waals surface area contributed by atoms with Crippen LogP contribution in [0.1, 0.15) is 33.1 Å². The van der Waals surface area contributed by atoms with Crippen LogP contribution in [0.5, 0.6) is 5.75 Å². The predicted molar refractivity (Wildman–Crippen MR) is 82.5 cm³/mol. The highest BCUT2D eigenvalue weighted by Gasteiger charge is 2.15. The maximum absolute atomic E-state index is 11.9. The molecule has 20 heavy (non-hydrogen) atoms. The Kier molecular flexibility index (Phi) is 4.88. The fraction of sp³-hybridized carbons (Fsp3) is 0.562. The standard InChI is InChI=1S/C16H24N2O2/c1-12(2)10-16(19)17-14-11-13(6-7-15(14)20-3)18-8-4-5-9-18/h6-7,11-12H,4-5,8-10H2,1-3H3,(H,17,19). The number of carbonyl (C=O) groups excluding carboxylic acids is 1. The molecular formula is C16H24N2O2. The fourth-order valence-corrected chi connectivity index (χ4v) is 2.54. The molecule has 1 aromatic rings. The van der Waals surface area contributed by atoms with E-state index in [4.69, 9.17) is 4.74 Å². The summed E-state index contributed by atoms with van der Waals surface area (Å²) < 4.78 is 5.34. The van der Waals surface area contributed by atoms with Crippen molar-refractivity contribution >= 4 is 17.3 Å². The lowest BCUT2D eigenvalue weighted by Crippen LogP contribution is -2.19. The van der Waals surface area contributed by atoms with Gasteiger partial charge in [0.1, 0.15) is 5.75 Å². The van der Waals surface area contributed by atoms with Crippen molar-refractivity contribution in [1.82, 2.24) is 0 Å². The van der Waals surface area contributed by atoms with Crippen LogP contribution >= 0.6 is 0 Å². The van der Waals surface area contributed by atoms with E-state index in [1.54, 1.807) is 7.11 Å². The molecule has 110 valence electrons. The minimum atomic E-state index is 0.0388. The zero-order valence-corrected chi connectivity index (χ0v) is 12.6. The number of methoxy groups -OCH3 is 1. The average Bonchev–Trinajstić information content (AvgIpc) is 2.91. The second-order valence-corrected chi connectivity index (χ2v) is 5.72. The summed E-state index contributed by atoms with van der Waals surface area (Å²) in [7, 11) is 1.63. The molecule has 1 heterocycles. The molecule has 0 unspecified atom stereocenters. The van der Waals surface area contributed by atoms with E-state index in [1.807, 2.05) is 26.0 Å². The molecule has 0 bridgehead atoms. The number of ether oxygens (including phenoxy) is 1. The van der Waals surface area contributed by atoms with Gasteiger partial charge in [0.15, 0.2) is 0 Å². The molecule has 1 amide bonds. The van der Waals surface area contributed by atoms with E-state index in [0.717, 1.165) is 24.5 Å². The zero-order valence-electron chi connectivity index (χ0n) is 12.6. The van der Waals surface area contributed by atoms with E-state index in [0.29, 0.717) is 18.1 Å². The number of hydrogen-bond acceptors (Lipinski definition) is 3. The van der Waals surface area contributed by atoms with E-state index >= 15 is 0 Å². The first-order valence-electron chi connectivity index (χ1n) is 7.33. The molecule has 1 aliphatic heterocycles. The van der Waals surface area contributed by atoms with Crippen LogP contribution in [-0.4, -0.2) is 26.1 Å². The van der Waals surface area contributed by atoms with E-state index in [9.17, 15) is 4.79 Å². The van der Waals surface area contributed by atoms with Gasteiger partial charge in [-0.2, -0.15) is 0 Å². The van der Waals surface area contributed by atoms with E-state index in [-0.39, 0.29) is 5.91 Å². The summed E-state index contributed by atoms with van der Waals surface area (Å²) in [6, 6.07) is 6.00. The van der Waals surface area contributed by atoms with Gasteiger partial charge in [-0.25, -0.2) is 0 Å². The maximum atomic E-state index is 11.9. The lowest BCUT2D eigenvalue weighted by molar-refractivity contribution is -0.116. The third-order valence-electron chi connectivity index (χ3n) is 3.52. The van der Waals surface area contributed by atoms with Crippen LogP contribution in [0.25, 0.3) is 0 Å². The van der Waals surface area contributed by atoms with Gasteiger partial charge in [0, 0.05) is 25.2 Å². The molecule has 4 heteroatoms. The molecule has 2 rings (SSSR count). The molecule has 1 aromatic carbocycles. The number of anilines is 2.